The first kappa shape index (κ1) is 9.30. The van der Waals surface area contributed by atoms with E-state index in [1.807, 2.05) is 0 Å². The summed E-state index contributed by atoms with van der Waals surface area (Å²) < 4.78 is 6.28. The van der Waals surface area contributed by atoms with Crippen LogP contribution >= 0.6 is 39.0 Å². The number of nitrogens with zero attached hydrogens (tertiary/aromatic N) is 1. The van der Waals surface area contributed by atoms with E-state index >= 15 is 0 Å². The molecule has 2 heterocycles. The molecule has 0 atom stereocenters. The Morgan fingerprint density at radius 2 is 2.54 bits per heavy atom. The zero-order chi connectivity index (χ0) is 9.10. The molecule has 2 aromatic rings. The van der Waals surface area contributed by atoms with Crippen LogP contribution < -0.4 is 0 Å². The second kappa shape index (κ2) is 4.30. The zero-order valence-corrected chi connectivity index (χ0v) is 9.79. The first-order chi connectivity index (χ1) is 6.36. The third-order valence-corrected chi connectivity index (χ3v) is 4.42. The van der Waals surface area contributed by atoms with Crippen molar-refractivity contribution < 1.29 is 4.42 Å². The van der Waals surface area contributed by atoms with Crippen LogP contribution in [0.25, 0.3) is 0 Å². The summed E-state index contributed by atoms with van der Waals surface area (Å²) in [5, 5.41) is 2.79. The van der Waals surface area contributed by atoms with E-state index in [-0.39, 0.29) is 0 Å². The largest absolute Gasteiger partial charge is 0.440 e. The minimum absolute atomic E-state index is 0.723. The zero-order valence-electron chi connectivity index (χ0n) is 6.57. The summed E-state index contributed by atoms with van der Waals surface area (Å²) in [5.74, 6) is 0.902. The lowest BCUT2D eigenvalue weighted by Gasteiger charge is -1.94. The van der Waals surface area contributed by atoms with Gasteiger partial charge in [0.15, 0.2) is 0 Å². The molecule has 2 aromatic heterocycles. The maximum absolute atomic E-state index is 5.11. The van der Waals surface area contributed by atoms with E-state index in [1.165, 1.54) is 4.88 Å². The van der Waals surface area contributed by atoms with Gasteiger partial charge in [0.1, 0.15) is 6.26 Å². The Labute approximate surface area is 92.5 Å². The van der Waals surface area contributed by atoms with Crippen molar-refractivity contribution in [1.29, 1.82) is 0 Å². The summed E-state index contributed by atoms with van der Waals surface area (Å²) >= 11 is 6.81. The summed E-state index contributed by atoms with van der Waals surface area (Å²) in [6.45, 7) is 0. The fourth-order valence-corrected chi connectivity index (χ4v) is 3.42. The fourth-order valence-electron chi connectivity index (χ4n) is 0.837. The molecule has 5 heteroatoms. The molecular weight excluding hydrogens is 270 g/mol. The van der Waals surface area contributed by atoms with Crippen LogP contribution in [0.3, 0.4) is 0 Å². The van der Waals surface area contributed by atoms with Crippen LogP contribution in [0.5, 0.6) is 0 Å². The summed E-state index contributed by atoms with van der Waals surface area (Å²) in [5.41, 5.74) is 0. The first-order valence-corrected chi connectivity index (χ1v) is 6.26. The summed E-state index contributed by atoms with van der Waals surface area (Å²) in [4.78, 5) is 5.34. The summed E-state index contributed by atoms with van der Waals surface area (Å²) in [7, 11) is 0. The Balaban J connectivity index is 1.97. The van der Waals surface area contributed by atoms with Crippen LogP contribution in [0.1, 0.15) is 4.88 Å². The van der Waals surface area contributed by atoms with E-state index in [2.05, 4.69) is 32.4 Å². The lowest BCUT2D eigenvalue weighted by Crippen LogP contribution is -1.75. The quantitative estimate of drug-likeness (QED) is 0.798. The van der Waals surface area contributed by atoms with Crippen molar-refractivity contribution in [2.24, 2.45) is 0 Å². The SMILES string of the molecule is Brc1ccsc1CSc1ncco1. The maximum atomic E-state index is 5.11. The Hall–Kier alpha value is -0.260. The number of aromatic nitrogens is 1. The molecule has 0 saturated carbocycles. The molecule has 0 aliphatic heterocycles. The van der Waals surface area contributed by atoms with Crippen molar-refractivity contribution in [3.63, 3.8) is 0 Å². The number of hydrogen-bond donors (Lipinski definition) is 0. The number of thiophene rings is 1. The van der Waals surface area contributed by atoms with Gasteiger partial charge in [0.05, 0.1) is 6.20 Å². The molecule has 0 unspecified atom stereocenters. The first-order valence-electron chi connectivity index (χ1n) is 3.60. The average Bonchev–Trinajstić information content (AvgIpc) is 2.72. The summed E-state index contributed by atoms with van der Waals surface area (Å²) in [6, 6.07) is 2.05. The van der Waals surface area contributed by atoms with Crippen LogP contribution in [0, 0.1) is 0 Å². The highest BCUT2D eigenvalue weighted by Crippen LogP contribution is 2.29. The maximum Gasteiger partial charge on any atom is 0.255 e. The van der Waals surface area contributed by atoms with Gasteiger partial charge in [0, 0.05) is 15.1 Å². The lowest BCUT2D eigenvalue weighted by molar-refractivity contribution is 0.454. The van der Waals surface area contributed by atoms with Crippen molar-refractivity contribution in [3.8, 4) is 0 Å². The number of rotatable bonds is 3. The van der Waals surface area contributed by atoms with Gasteiger partial charge in [-0.2, -0.15) is 0 Å². The fraction of sp³-hybridized carbons (Fsp3) is 0.125. The molecule has 13 heavy (non-hydrogen) atoms. The lowest BCUT2D eigenvalue weighted by atomic mass is 10.5. The van der Waals surface area contributed by atoms with Gasteiger partial charge in [-0.25, -0.2) is 4.98 Å². The van der Waals surface area contributed by atoms with Crippen LogP contribution in [-0.2, 0) is 5.75 Å². The van der Waals surface area contributed by atoms with Gasteiger partial charge in [0.2, 0.25) is 0 Å². The number of thioether (sulfide) groups is 1. The highest BCUT2D eigenvalue weighted by atomic mass is 79.9. The molecule has 0 fully saturated rings. The second-order valence-corrected chi connectivity index (χ2v) is 5.06. The van der Waals surface area contributed by atoms with Gasteiger partial charge in [-0.05, 0) is 27.4 Å². The molecule has 0 N–H and O–H groups in total. The Bertz CT molecular complexity index is 371. The third kappa shape index (κ3) is 2.36. The molecule has 0 saturated heterocycles. The van der Waals surface area contributed by atoms with Crippen LogP contribution in [0.4, 0.5) is 0 Å². The predicted octanol–water partition coefficient (Wildman–Crippen LogP) is 3.79. The van der Waals surface area contributed by atoms with Crippen molar-refractivity contribution >= 4 is 39.0 Å². The topological polar surface area (TPSA) is 26.0 Å². The van der Waals surface area contributed by atoms with E-state index in [1.54, 1.807) is 35.6 Å². The number of hydrogen-bond acceptors (Lipinski definition) is 4. The molecule has 0 aliphatic carbocycles. The van der Waals surface area contributed by atoms with Crippen LogP contribution in [0.2, 0.25) is 0 Å². The van der Waals surface area contributed by atoms with E-state index in [0.717, 1.165) is 15.4 Å². The van der Waals surface area contributed by atoms with Crippen molar-refractivity contribution in [1.82, 2.24) is 4.98 Å². The van der Waals surface area contributed by atoms with E-state index < -0.39 is 0 Å². The molecule has 0 bridgehead atoms. The van der Waals surface area contributed by atoms with Crippen molar-refractivity contribution in [2.75, 3.05) is 0 Å². The number of oxazole rings is 1. The van der Waals surface area contributed by atoms with Crippen molar-refractivity contribution in [2.45, 2.75) is 11.0 Å². The number of halogens is 1. The molecular formula is C8H6BrNOS2. The van der Waals surface area contributed by atoms with Gasteiger partial charge in [-0.15, -0.1) is 11.3 Å². The molecule has 68 valence electrons. The molecule has 0 aliphatic rings. The van der Waals surface area contributed by atoms with Crippen LogP contribution in [-0.4, -0.2) is 4.98 Å². The van der Waals surface area contributed by atoms with Gasteiger partial charge in [-0.3, -0.25) is 0 Å². The van der Waals surface area contributed by atoms with Crippen LogP contribution in [0.15, 0.2) is 38.0 Å². The smallest absolute Gasteiger partial charge is 0.255 e. The third-order valence-electron chi connectivity index (χ3n) is 1.43. The standard InChI is InChI=1S/C8H6BrNOS2/c9-6-1-4-12-7(6)5-13-8-10-2-3-11-8/h1-4H,5H2. The Morgan fingerprint density at radius 1 is 1.62 bits per heavy atom. The van der Waals surface area contributed by atoms with Gasteiger partial charge in [-0.1, -0.05) is 11.8 Å². The van der Waals surface area contributed by atoms with Gasteiger partial charge in [0.25, 0.3) is 5.22 Å². The van der Waals surface area contributed by atoms with Gasteiger partial charge < -0.3 is 4.42 Å². The second-order valence-electron chi connectivity index (χ2n) is 2.28. The highest BCUT2D eigenvalue weighted by Gasteiger charge is 2.04. The van der Waals surface area contributed by atoms with E-state index in [4.69, 9.17) is 4.42 Å². The predicted molar refractivity (Wildman–Crippen MR) is 58.1 cm³/mol. The molecule has 0 radical (unpaired) electrons. The molecule has 0 spiro atoms. The normalized spacial score (nSPS) is 10.5. The Morgan fingerprint density at radius 3 is 3.15 bits per heavy atom. The summed E-state index contributed by atoms with van der Waals surface area (Å²) in [6.07, 6.45) is 3.25. The highest BCUT2D eigenvalue weighted by molar-refractivity contribution is 9.10. The van der Waals surface area contributed by atoms with Crippen molar-refractivity contribution in [3.05, 3.63) is 33.3 Å². The molecule has 0 amide bonds. The molecule has 2 nitrogen and oxygen atoms in total. The monoisotopic (exact) mass is 275 g/mol. The molecule has 2 rings (SSSR count). The Kier molecular flexibility index (Phi) is 3.08. The minimum atomic E-state index is 0.723. The van der Waals surface area contributed by atoms with Gasteiger partial charge >= 0.3 is 0 Å². The van der Waals surface area contributed by atoms with E-state index in [0.29, 0.717) is 0 Å². The average molecular weight is 276 g/mol. The molecule has 0 aromatic carbocycles. The minimum Gasteiger partial charge on any atom is -0.440 e. The van der Waals surface area contributed by atoms with E-state index in [9.17, 15) is 0 Å².